The molecule has 2 atom stereocenters. The van der Waals surface area contributed by atoms with Gasteiger partial charge in [-0.15, -0.1) is 0 Å². The van der Waals surface area contributed by atoms with E-state index in [-0.39, 0.29) is 6.03 Å². The van der Waals surface area contributed by atoms with Crippen LogP contribution in [-0.2, 0) is 0 Å². The van der Waals surface area contributed by atoms with Crippen molar-refractivity contribution in [2.75, 3.05) is 40.4 Å². The maximum Gasteiger partial charge on any atom is 0.317 e. The number of fused-ring (bicyclic) bond motifs is 1. The monoisotopic (exact) mass is 401 g/mol. The average molecular weight is 402 g/mol. The average Bonchev–Trinajstić information content (AvgIpc) is 3.51. The van der Waals surface area contributed by atoms with Gasteiger partial charge >= 0.3 is 6.03 Å². The van der Waals surface area contributed by atoms with Gasteiger partial charge in [0.05, 0.1) is 0 Å². The number of ether oxygens (including phenoxy) is 2. The van der Waals surface area contributed by atoms with Crippen molar-refractivity contribution in [2.24, 2.45) is 11.8 Å². The van der Waals surface area contributed by atoms with Crippen molar-refractivity contribution < 1.29 is 14.3 Å². The minimum absolute atomic E-state index is 0.0331. The molecule has 2 fully saturated rings. The Morgan fingerprint density at radius 1 is 1.14 bits per heavy atom. The number of hydrogen-bond donors (Lipinski definition) is 2. The topological polar surface area (TPSA) is 62.8 Å². The van der Waals surface area contributed by atoms with Crippen molar-refractivity contribution >= 4 is 6.03 Å². The Morgan fingerprint density at radius 2 is 1.93 bits per heavy atom. The lowest BCUT2D eigenvalue weighted by molar-refractivity contribution is 0.170. The van der Waals surface area contributed by atoms with Gasteiger partial charge in [0, 0.05) is 25.7 Å². The van der Waals surface area contributed by atoms with Gasteiger partial charge in [0.2, 0.25) is 0 Å². The van der Waals surface area contributed by atoms with Crippen molar-refractivity contribution in [3.05, 3.63) is 23.8 Å². The first-order chi connectivity index (χ1) is 14.1. The molecule has 29 heavy (non-hydrogen) atoms. The first-order valence-corrected chi connectivity index (χ1v) is 11.2. The maximum atomic E-state index is 11.8. The summed E-state index contributed by atoms with van der Waals surface area (Å²) in [6.45, 7) is 3.48. The number of carbonyl (C=O) groups is 1. The molecule has 1 aromatic carbocycles. The number of nitrogens with one attached hydrogen (secondary N) is 2. The maximum absolute atomic E-state index is 11.8. The van der Waals surface area contributed by atoms with Crippen LogP contribution in [0.3, 0.4) is 0 Å². The van der Waals surface area contributed by atoms with E-state index in [1.165, 1.54) is 31.2 Å². The highest BCUT2D eigenvalue weighted by Crippen LogP contribution is 2.52. The molecule has 2 unspecified atom stereocenters. The van der Waals surface area contributed by atoms with Crippen molar-refractivity contribution in [3.8, 4) is 11.5 Å². The zero-order valence-corrected chi connectivity index (χ0v) is 17.8. The van der Waals surface area contributed by atoms with E-state index in [4.69, 9.17) is 9.47 Å². The molecule has 2 saturated carbocycles. The van der Waals surface area contributed by atoms with Crippen LogP contribution in [0.1, 0.15) is 50.0 Å². The fourth-order valence-corrected chi connectivity index (χ4v) is 4.74. The Morgan fingerprint density at radius 3 is 2.72 bits per heavy atom. The third-order valence-electron chi connectivity index (χ3n) is 6.64. The minimum Gasteiger partial charge on any atom is -0.486 e. The van der Waals surface area contributed by atoms with Crippen LogP contribution in [0.5, 0.6) is 11.5 Å². The van der Waals surface area contributed by atoms with Crippen LogP contribution in [0.2, 0.25) is 0 Å². The quantitative estimate of drug-likeness (QED) is 0.688. The van der Waals surface area contributed by atoms with E-state index in [0.717, 1.165) is 43.3 Å². The fourth-order valence-electron chi connectivity index (χ4n) is 4.74. The molecule has 2 N–H and O–H groups in total. The summed E-state index contributed by atoms with van der Waals surface area (Å²) in [6, 6.07) is 6.68. The zero-order chi connectivity index (χ0) is 20.2. The predicted octanol–water partition coefficient (Wildman–Crippen LogP) is 3.37. The molecule has 0 aromatic heterocycles. The van der Waals surface area contributed by atoms with Crippen molar-refractivity contribution in [2.45, 2.75) is 50.5 Å². The Hall–Kier alpha value is -1.95. The van der Waals surface area contributed by atoms with Crippen molar-refractivity contribution in [1.29, 1.82) is 0 Å². The number of urea groups is 1. The molecule has 0 bridgehead atoms. The molecular weight excluding hydrogens is 366 g/mol. The van der Waals surface area contributed by atoms with Crippen LogP contribution < -0.4 is 20.1 Å². The molecule has 0 spiro atoms. The zero-order valence-electron chi connectivity index (χ0n) is 17.8. The van der Waals surface area contributed by atoms with Gasteiger partial charge in [0.15, 0.2) is 11.5 Å². The van der Waals surface area contributed by atoms with Crippen LogP contribution >= 0.6 is 0 Å². The van der Waals surface area contributed by atoms with E-state index >= 15 is 0 Å². The number of benzene rings is 1. The molecule has 0 radical (unpaired) electrons. The second kappa shape index (κ2) is 9.24. The summed E-state index contributed by atoms with van der Waals surface area (Å²) in [5.41, 5.74) is 1.33. The lowest BCUT2D eigenvalue weighted by atomic mass is 9.84. The Bertz CT molecular complexity index is 701. The molecule has 6 nitrogen and oxygen atoms in total. The van der Waals surface area contributed by atoms with E-state index in [9.17, 15) is 4.79 Å². The van der Waals surface area contributed by atoms with Crippen molar-refractivity contribution in [3.63, 3.8) is 0 Å². The summed E-state index contributed by atoms with van der Waals surface area (Å²) in [5.74, 6) is 3.99. The van der Waals surface area contributed by atoms with E-state index < -0.39 is 0 Å². The van der Waals surface area contributed by atoms with Crippen LogP contribution in [0.25, 0.3) is 0 Å². The molecule has 0 saturated heterocycles. The van der Waals surface area contributed by atoms with E-state index in [0.29, 0.717) is 31.1 Å². The molecule has 1 aromatic rings. The number of para-hydroxylation sites is 1. The number of hydrogen-bond acceptors (Lipinski definition) is 4. The summed E-state index contributed by atoms with van der Waals surface area (Å²) in [7, 11) is 3.59. The molecule has 1 aliphatic heterocycles. The lowest BCUT2D eigenvalue weighted by Crippen LogP contribution is -2.43. The van der Waals surface area contributed by atoms with Gasteiger partial charge in [-0.1, -0.05) is 12.1 Å². The van der Waals surface area contributed by atoms with Crippen LogP contribution in [0.4, 0.5) is 4.79 Å². The second-order valence-corrected chi connectivity index (χ2v) is 9.03. The molecular formula is C23H35N3O3. The third-order valence-corrected chi connectivity index (χ3v) is 6.64. The largest absolute Gasteiger partial charge is 0.486 e. The lowest BCUT2D eigenvalue weighted by Gasteiger charge is -2.30. The molecule has 2 aliphatic carbocycles. The predicted molar refractivity (Wildman–Crippen MR) is 114 cm³/mol. The molecule has 2 amide bonds. The number of rotatable bonds is 7. The highest BCUT2D eigenvalue weighted by atomic mass is 16.6. The Balaban J connectivity index is 1.12. The Kier molecular flexibility index (Phi) is 6.48. The smallest absolute Gasteiger partial charge is 0.317 e. The van der Waals surface area contributed by atoms with Crippen LogP contribution in [0.15, 0.2) is 18.2 Å². The summed E-state index contributed by atoms with van der Waals surface area (Å²) in [6.07, 6.45) is 7.14. The third kappa shape index (κ3) is 5.16. The minimum atomic E-state index is 0.0331. The molecule has 4 rings (SSSR count). The van der Waals surface area contributed by atoms with Gasteiger partial charge in [0.1, 0.15) is 13.2 Å². The van der Waals surface area contributed by atoms with E-state index in [1.807, 2.05) is 6.07 Å². The molecule has 3 aliphatic rings. The van der Waals surface area contributed by atoms with E-state index in [1.54, 1.807) is 19.0 Å². The first-order valence-electron chi connectivity index (χ1n) is 11.2. The summed E-state index contributed by atoms with van der Waals surface area (Å²) < 4.78 is 11.6. The molecule has 6 heteroatoms. The van der Waals surface area contributed by atoms with Crippen molar-refractivity contribution in [1.82, 2.24) is 15.5 Å². The normalized spacial score (nSPS) is 27.9. The van der Waals surface area contributed by atoms with Crippen LogP contribution in [0, 0.1) is 11.8 Å². The first kappa shape index (κ1) is 20.3. The van der Waals surface area contributed by atoms with Gasteiger partial charge < -0.3 is 25.0 Å². The number of carbonyl (C=O) groups excluding carboxylic acids is 1. The van der Waals surface area contributed by atoms with Gasteiger partial charge in [-0.05, 0) is 75.4 Å². The molecule has 1 heterocycles. The SMILES string of the molecule is CN(C)C(=O)NC1CCC(CCNCC2CC2c2cccc3c2OCCO3)CC1. The summed E-state index contributed by atoms with van der Waals surface area (Å²) >= 11 is 0. The highest BCUT2D eigenvalue weighted by Gasteiger charge is 2.40. The number of nitrogens with zero attached hydrogens (tertiary/aromatic N) is 1. The standard InChI is InChI=1S/C23H35N3O3/c1-26(2)23(27)25-18-8-6-16(7-9-18)10-11-24-15-17-14-20(17)19-4-3-5-21-22(19)29-13-12-28-21/h3-5,16-18,20,24H,6-15H2,1-2H3,(H,25,27). The van der Waals surface area contributed by atoms with Gasteiger partial charge in [-0.2, -0.15) is 0 Å². The molecule has 160 valence electrons. The highest BCUT2D eigenvalue weighted by molar-refractivity contribution is 5.73. The summed E-state index contributed by atoms with van der Waals surface area (Å²) in [4.78, 5) is 13.4. The summed E-state index contributed by atoms with van der Waals surface area (Å²) in [5, 5.41) is 6.81. The second-order valence-electron chi connectivity index (χ2n) is 9.03. The Labute approximate surface area is 174 Å². The van der Waals surface area contributed by atoms with E-state index in [2.05, 4.69) is 22.8 Å². The number of amides is 2. The van der Waals surface area contributed by atoms with Gasteiger partial charge in [-0.25, -0.2) is 4.79 Å². The van der Waals surface area contributed by atoms with Gasteiger partial charge in [0.25, 0.3) is 0 Å². The van der Waals surface area contributed by atoms with Crippen LogP contribution in [-0.4, -0.2) is 57.4 Å². The van der Waals surface area contributed by atoms with Gasteiger partial charge in [-0.3, -0.25) is 0 Å². The fraction of sp³-hybridized carbons (Fsp3) is 0.696.